The standard InChI is InChI=1S/C20H12F3N3O/c21-20(22,23)13-6-8-14(9-7-13)24-19(27)12-5-10-17-18(11-12)26-16-4-2-1-3-15(16)25-17/h1-11H,(H,24,27). The zero-order chi connectivity index (χ0) is 19.0. The molecule has 0 fully saturated rings. The topological polar surface area (TPSA) is 54.9 Å². The highest BCUT2D eigenvalue weighted by molar-refractivity contribution is 6.06. The molecule has 1 amide bonds. The van der Waals surface area contributed by atoms with Crippen molar-refractivity contribution in [2.45, 2.75) is 6.18 Å². The van der Waals surface area contributed by atoms with Gasteiger partial charge in [-0.2, -0.15) is 13.2 Å². The molecule has 0 spiro atoms. The molecular weight excluding hydrogens is 355 g/mol. The predicted octanol–water partition coefficient (Wildman–Crippen LogP) is 5.05. The van der Waals surface area contributed by atoms with E-state index in [2.05, 4.69) is 15.3 Å². The number of para-hydroxylation sites is 2. The molecule has 4 nitrogen and oxygen atoms in total. The summed E-state index contributed by atoms with van der Waals surface area (Å²) in [6.45, 7) is 0. The first-order valence-electron chi connectivity index (χ1n) is 8.05. The summed E-state index contributed by atoms with van der Waals surface area (Å²) in [5.74, 6) is -0.438. The molecule has 7 heteroatoms. The summed E-state index contributed by atoms with van der Waals surface area (Å²) in [4.78, 5) is 21.4. The lowest BCUT2D eigenvalue weighted by atomic mass is 10.1. The molecule has 3 aromatic carbocycles. The molecule has 0 unspecified atom stereocenters. The number of fused-ring (bicyclic) bond motifs is 2. The zero-order valence-electron chi connectivity index (χ0n) is 13.8. The van der Waals surface area contributed by atoms with Gasteiger partial charge in [-0.15, -0.1) is 0 Å². The Morgan fingerprint density at radius 1 is 0.778 bits per heavy atom. The van der Waals surface area contributed by atoms with E-state index >= 15 is 0 Å². The summed E-state index contributed by atoms with van der Waals surface area (Å²) in [6, 6.07) is 16.6. The molecule has 0 aliphatic heterocycles. The number of aromatic nitrogens is 2. The van der Waals surface area contributed by atoms with Gasteiger partial charge in [0.1, 0.15) is 0 Å². The first kappa shape index (κ1) is 17.0. The van der Waals surface area contributed by atoms with Crippen LogP contribution in [0.5, 0.6) is 0 Å². The van der Waals surface area contributed by atoms with E-state index in [9.17, 15) is 18.0 Å². The number of alkyl halides is 3. The Kier molecular flexibility index (Phi) is 3.99. The maximum absolute atomic E-state index is 12.6. The highest BCUT2D eigenvalue weighted by Gasteiger charge is 2.30. The molecule has 0 radical (unpaired) electrons. The largest absolute Gasteiger partial charge is 0.416 e. The predicted molar refractivity (Wildman–Crippen MR) is 96.4 cm³/mol. The summed E-state index contributed by atoms with van der Waals surface area (Å²) in [5.41, 5.74) is 2.53. The Morgan fingerprint density at radius 2 is 1.37 bits per heavy atom. The minimum Gasteiger partial charge on any atom is -0.322 e. The number of hydrogen-bond donors (Lipinski definition) is 1. The minimum absolute atomic E-state index is 0.276. The fourth-order valence-electron chi connectivity index (χ4n) is 2.71. The van der Waals surface area contributed by atoms with Crippen LogP contribution in [0.3, 0.4) is 0 Å². The molecule has 0 atom stereocenters. The van der Waals surface area contributed by atoms with Gasteiger partial charge in [0.2, 0.25) is 0 Å². The molecule has 0 aliphatic carbocycles. The Hall–Kier alpha value is -3.48. The number of amides is 1. The van der Waals surface area contributed by atoms with Gasteiger partial charge in [0, 0.05) is 11.3 Å². The van der Waals surface area contributed by atoms with Crippen LogP contribution in [0.1, 0.15) is 15.9 Å². The zero-order valence-corrected chi connectivity index (χ0v) is 13.8. The number of rotatable bonds is 2. The number of halogens is 3. The van der Waals surface area contributed by atoms with E-state index in [0.29, 0.717) is 22.1 Å². The summed E-state index contributed by atoms with van der Waals surface area (Å²) in [6.07, 6.45) is -4.41. The van der Waals surface area contributed by atoms with Gasteiger partial charge in [0.05, 0.1) is 27.6 Å². The Bertz CT molecular complexity index is 1150. The molecule has 27 heavy (non-hydrogen) atoms. The van der Waals surface area contributed by atoms with Crippen molar-refractivity contribution in [1.29, 1.82) is 0 Å². The number of nitrogens with one attached hydrogen (secondary N) is 1. The van der Waals surface area contributed by atoms with E-state index in [1.165, 1.54) is 12.1 Å². The normalized spacial score (nSPS) is 11.7. The first-order chi connectivity index (χ1) is 12.9. The van der Waals surface area contributed by atoms with Crippen molar-refractivity contribution in [3.63, 3.8) is 0 Å². The van der Waals surface area contributed by atoms with Crippen LogP contribution in [0.2, 0.25) is 0 Å². The summed E-state index contributed by atoms with van der Waals surface area (Å²) >= 11 is 0. The Balaban J connectivity index is 1.61. The Morgan fingerprint density at radius 3 is 2.00 bits per heavy atom. The van der Waals surface area contributed by atoms with E-state index < -0.39 is 17.6 Å². The van der Waals surface area contributed by atoms with Crippen LogP contribution in [0.4, 0.5) is 18.9 Å². The Labute approximate surface area is 151 Å². The number of benzene rings is 3. The van der Waals surface area contributed by atoms with Crippen LogP contribution in [0.15, 0.2) is 66.7 Å². The molecule has 0 aliphatic rings. The molecule has 0 bridgehead atoms. The van der Waals surface area contributed by atoms with Crippen LogP contribution >= 0.6 is 0 Å². The minimum atomic E-state index is -4.41. The quantitative estimate of drug-likeness (QED) is 0.504. The molecular formula is C20H12F3N3O. The fraction of sp³-hybridized carbons (Fsp3) is 0.0500. The number of carbonyl (C=O) groups is 1. The lowest BCUT2D eigenvalue weighted by Crippen LogP contribution is -2.12. The molecule has 1 aromatic heterocycles. The maximum Gasteiger partial charge on any atom is 0.416 e. The smallest absolute Gasteiger partial charge is 0.322 e. The molecule has 0 saturated carbocycles. The van der Waals surface area contributed by atoms with Gasteiger partial charge in [0.25, 0.3) is 5.91 Å². The maximum atomic E-state index is 12.6. The van der Waals surface area contributed by atoms with Crippen molar-refractivity contribution in [3.8, 4) is 0 Å². The molecule has 1 heterocycles. The average Bonchev–Trinajstić information content (AvgIpc) is 2.65. The van der Waals surface area contributed by atoms with Crippen molar-refractivity contribution in [3.05, 3.63) is 77.9 Å². The molecule has 4 rings (SSSR count). The van der Waals surface area contributed by atoms with E-state index in [0.717, 1.165) is 17.6 Å². The van der Waals surface area contributed by atoms with Crippen LogP contribution in [-0.2, 0) is 6.18 Å². The highest BCUT2D eigenvalue weighted by atomic mass is 19.4. The molecule has 0 saturated heterocycles. The van der Waals surface area contributed by atoms with Crippen molar-refractivity contribution < 1.29 is 18.0 Å². The molecule has 4 aromatic rings. The lowest BCUT2D eigenvalue weighted by molar-refractivity contribution is -0.137. The third-order valence-corrected chi connectivity index (χ3v) is 4.07. The second-order valence-corrected chi connectivity index (χ2v) is 5.95. The van der Waals surface area contributed by atoms with E-state index in [4.69, 9.17) is 0 Å². The number of nitrogens with zero attached hydrogens (tertiary/aromatic N) is 2. The lowest BCUT2D eigenvalue weighted by Gasteiger charge is -2.09. The first-order valence-corrected chi connectivity index (χ1v) is 8.05. The van der Waals surface area contributed by atoms with Crippen molar-refractivity contribution in [2.24, 2.45) is 0 Å². The third kappa shape index (κ3) is 3.44. The SMILES string of the molecule is O=C(Nc1ccc(C(F)(F)F)cc1)c1ccc2nc3ccccc3nc2c1. The highest BCUT2D eigenvalue weighted by Crippen LogP contribution is 2.30. The van der Waals surface area contributed by atoms with Gasteiger partial charge >= 0.3 is 6.18 Å². The number of hydrogen-bond acceptors (Lipinski definition) is 3. The fourth-order valence-corrected chi connectivity index (χ4v) is 2.71. The van der Waals surface area contributed by atoms with Crippen molar-refractivity contribution in [1.82, 2.24) is 9.97 Å². The number of anilines is 1. The van der Waals surface area contributed by atoms with E-state index in [-0.39, 0.29) is 5.69 Å². The summed E-state index contributed by atoms with van der Waals surface area (Å²) < 4.78 is 37.8. The average molecular weight is 367 g/mol. The van der Waals surface area contributed by atoms with E-state index in [1.807, 2.05) is 24.3 Å². The second kappa shape index (κ2) is 6.35. The third-order valence-electron chi connectivity index (χ3n) is 4.07. The van der Waals surface area contributed by atoms with Gasteiger partial charge in [-0.3, -0.25) is 4.79 Å². The van der Waals surface area contributed by atoms with Gasteiger partial charge < -0.3 is 5.32 Å². The van der Waals surface area contributed by atoms with Gasteiger partial charge in [0.15, 0.2) is 0 Å². The number of carbonyl (C=O) groups excluding carboxylic acids is 1. The summed E-state index contributed by atoms with van der Waals surface area (Å²) in [7, 11) is 0. The van der Waals surface area contributed by atoms with Gasteiger partial charge in [-0.25, -0.2) is 9.97 Å². The van der Waals surface area contributed by atoms with Crippen LogP contribution < -0.4 is 5.32 Å². The van der Waals surface area contributed by atoms with Crippen LogP contribution in [-0.4, -0.2) is 15.9 Å². The summed E-state index contributed by atoms with van der Waals surface area (Å²) in [5, 5.41) is 2.58. The monoisotopic (exact) mass is 367 g/mol. The van der Waals surface area contributed by atoms with Crippen LogP contribution in [0, 0.1) is 0 Å². The van der Waals surface area contributed by atoms with Crippen molar-refractivity contribution >= 4 is 33.7 Å². The molecule has 134 valence electrons. The van der Waals surface area contributed by atoms with Crippen molar-refractivity contribution in [2.75, 3.05) is 5.32 Å². The van der Waals surface area contributed by atoms with Crippen LogP contribution in [0.25, 0.3) is 22.1 Å². The van der Waals surface area contributed by atoms with Gasteiger partial charge in [-0.05, 0) is 54.6 Å². The van der Waals surface area contributed by atoms with Gasteiger partial charge in [-0.1, -0.05) is 12.1 Å². The second-order valence-electron chi connectivity index (χ2n) is 5.95. The van der Waals surface area contributed by atoms with E-state index in [1.54, 1.807) is 18.2 Å². The molecule has 1 N–H and O–H groups in total.